The summed E-state index contributed by atoms with van der Waals surface area (Å²) in [6, 6.07) is 12.4. The van der Waals surface area contributed by atoms with Crippen molar-refractivity contribution < 1.29 is 18.0 Å². The predicted octanol–water partition coefficient (Wildman–Crippen LogP) is 3.22. The molecule has 2 aromatic rings. The molecule has 1 saturated heterocycles. The van der Waals surface area contributed by atoms with Crippen molar-refractivity contribution in [2.24, 2.45) is 0 Å². The molecule has 0 bridgehead atoms. The SMILES string of the molecule is CC(=O)c1ccc(N2CCN(S(=O)(=O)c3ccc4c(c3)NC(=O)C[C@@H](C)S4)CC2)cc1. The third kappa shape index (κ3) is 4.63. The van der Waals surface area contributed by atoms with Crippen LogP contribution in [0.2, 0.25) is 0 Å². The molecule has 2 heterocycles. The van der Waals surface area contributed by atoms with Gasteiger partial charge in [0, 0.05) is 54.0 Å². The number of benzene rings is 2. The first-order chi connectivity index (χ1) is 14.7. The van der Waals surface area contributed by atoms with Gasteiger partial charge in [-0.15, -0.1) is 11.8 Å². The lowest BCUT2D eigenvalue weighted by atomic mass is 10.1. The van der Waals surface area contributed by atoms with Crippen molar-refractivity contribution in [3.05, 3.63) is 48.0 Å². The number of rotatable bonds is 4. The van der Waals surface area contributed by atoms with Crippen LogP contribution in [0.4, 0.5) is 11.4 Å². The van der Waals surface area contributed by atoms with E-state index >= 15 is 0 Å². The van der Waals surface area contributed by atoms with Gasteiger partial charge in [-0.3, -0.25) is 9.59 Å². The topological polar surface area (TPSA) is 86.8 Å². The Balaban J connectivity index is 1.48. The molecule has 9 heteroatoms. The van der Waals surface area contributed by atoms with Gasteiger partial charge < -0.3 is 10.2 Å². The minimum Gasteiger partial charge on any atom is -0.369 e. The number of carbonyl (C=O) groups excluding carboxylic acids is 2. The van der Waals surface area contributed by atoms with Gasteiger partial charge in [-0.2, -0.15) is 4.31 Å². The highest BCUT2D eigenvalue weighted by Gasteiger charge is 2.30. The molecule has 0 spiro atoms. The second kappa shape index (κ2) is 8.64. The van der Waals surface area contributed by atoms with Crippen molar-refractivity contribution in [2.45, 2.75) is 35.3 Å². The molecule has 0 aromatic heterocycles. The minimum atomic E-state index is -3.66. The highest BCUT2D eigenvalue weighted by Crippen LogP contribution is 2.36. The van der Waals surface area contributed by atoms with Crippen molar-refractivity contribution in [1.29, 1.82) is 0 Å². The fourth-order valence-corrected chi connectivity index (χ4v) is 6.33. The normalized spacial score (nSPS) is 20.0. The van der Waals surface area contributed by atoms with Crippen LogP contribution in [0.5, 0.6) is 0 Å². The van der Waals surface area contributed by atoms with Crippen LogP contribution in [-0.4, -0.2) is 55.8 Å². The zero-order valence-electron chi connectivity index (χ0n) is 17.5. The molecule has 0 aliphatic carbocycles. The fourth-order valence-electron chi connectivity index (χ4n) is 3.83. The molecule has 7 nitrogen and oxygen atoms in total. The Morgan fingerprint density at radius 2 is 1.74 bits per heavy atom. The highest BCUT2D eigenvalue weighted by molar-refractivity contribution is 8.00. The van der Waals surface area contributed by atoms with Gasteiger partial charge in [-0.25, -0.2) is 8.42 Å². The molecule has 1 atom stereocenters. The van der Waals surface area contributed by atoms with Crippen LogP contribution in [0.25, 0.3) is 0 Å². The summed E-state index contributed by atoms with van der Waals surface area (Å²) in [5.41, 5.74) is 2.19. The van der Waals surface area contributed by atoms with Crippen LogP contribution in [0.15, 0.2) is 52.3 Å². The molecular weight excluding hydrogens is 434 g/mol. The number of anilines is 2. The maximum absolute atomic E-state index is 13.2. The fraction of sp³-hybridized carbons (Fsp3) is 0.364. The quantitative estimate of drug-likeness (QED) is 0.707. The van der Waals surface area contributed by atoms with Crippen LogP contribution in [0.1, 0.15) is 30.6 Å². The van der Waals surface area contributed by atoms with E-state index in [9.17, 15) is 18.0 Å². The number of carbonyl (C=O) groups is 2. The van der Waals surface area contributed by atoms with Gasteiger partial charge in [0.2, 0.25) is 15.9 Å². The number of hydrogen-bond acceptors (Lipinski definition) is 6. The molecule has 4 rings (SSSR count). The summed E-state index contributed by atoms with van der Waals surface area (Å²) in [4.78, 5) is 26.7. The largest absolute Gasteiger partial charge is 0.369 e. The zero-order valence-corrected chi connectivity index (χ0v) is 19.1. The van der Waals surface area contributed by atoms with Crippen molar-refractivity contribution in [3.8, 4) is 0 Å². The van der Waals surface area contributed by atoms with Gasteiger partial charge in [-0.05, 0) is 49.4 Å². The van der Waals surface area contributed by atoms with E-state index in [2.05, 4.69) is 10.2 Å². The van der Waals surface area contributed by atoms with Gasteiger partial charge in [-0.1, -0.05) is 6.92 Å². The summed E-state index contributed by atoms with van der Waals surface area (Å²) in [5, 5.41) is 2.97. The smallest absolute Gasteiger partial charge is 0.243 e. The molecule has 2 aliphatic heterocycles. The van der Waals surface area contributed by atoms with E-state index in [4.69, 9.17) is 0 Å². The van der Waals surface area contributed by atoms with E-state index in [1.54, 1.807) is 42.1 Å². The monoisotopic (exact) mass is 459 g/mol. The lowest BCUT2D eigenvalue weighted by Gasteiger charge is -2.35. The lowest BCUT2D eigenvalue weighted by Crippen LogP contribution is -2.48. The van der Waals surface area contributed by atoms with Crippen LogP contribution >= 0.6 is 11.8 Å². The number of amides is 1. The molecule has 2 aromatic carbocycles. The van der Waals surface area contributed by atoms with Gasteiger partial charge in [0.15, 0.2) is 5.78 Å². The highest BCUT2D eigenvalue weighted by atomic mass is 32.2. The molecule has 0 saturated carbocycles. The van der Waals surface area contributed by atoms with E-state index in [1.165, 1.54) is 11.2 Å². The standard InChI is InChI=1S/C22H25N3O4S2/c1-15-13-22(27)23-20-14-19(7-8-21(20)30-15)31(28,29)25-11-9-24(10-12-25)18-5-3-17(4-6-18)16(2)26/h3-8,14-15H,9-13H2,1-2H3,(H,23,27)/t15-/m1/s1. The van der Waals surface area contributed by atoms with Crippen LogP contribution in [-0.2, 0) is 14.8 Å². The molecule has 164 valence electrons. The number of nitrogens with one attached hydrogen (secondary N) is 1. The Hall–Kier alpha value is -2.36. The van der Waals surface area contributed by atoms with Crippen molar-refractivity contribution in [3.63, 3.8) is 0 Å². The van der Waals surface area contributed by atoms with E-state index in [0.717, 1.165) is 10.6 Å². The Bertz CT molecular complexity index is 1110. The van der Waals surface area contributed by atoms with E-state index in [0.29, 0.717) is 43.9 Å². The average molecular weight is 460 g/mol. The van der Waals surface area contributed by atoms with Gasteiger partial charge in [0.05, 0.1) is 10.6 Å². The summed E-state index contributed by atoms with van der Waals surface area (Å²) in [7, 11) is -3.66. The minimum absolute atomic E-state index is 0.0206. The van der Waals surface area contributed by atoms with E-state index in [-0.39, 0.29) is 21.8 Å². The molecule has 1 amide bonds. The third-order valence-electron chi connectivity index (χ3n) is 5.54. The molecule has 1 N–H and O–H groups in total. The Kier molecular flexibility index (Phi) is 6.09. The summed E-state index contributed by atoms with van der Waals surface area (Å²) in [6.07, 6.45) is 0.400. The zero-order chi connectivity index (χ0) is 22.2. The number of thioether (sulfide) groups is 1. The second-order valence-electron chi connectivity index (χ2n) is 7.83. The van der Waals surface area contributed by atoms with Gasteiger partial charge >= 0.3 is 0 Å². The number of piperazine rings is 1. The molecule has 0 radical (unpaired) electrons. The van der Waals surface area contributed by atoms with Crippen molar-refractivity contribution in [2.75, 3.05) is 36.4 Å². The first-order valence-electron chi connectivity index (χ1n) is 10.2. The van der Waals surface area contributed by atoms with Gasteiger partial charge in [0.1, 0.15) is 0 Å². The molecule has 31 heavy (non-hydrogen) atoms. The lowest BCUT2D eigenvalue weighted by molar-refractivity contribution is -0.116. The summed E-state index contributed by atoms with van der Waals surface area (Å²) >= 11 is 1.57. The molecular formula is C22H25N3O4S2. The van der Waals surface area contributed by atoms with E-state index < -0.39 is 10.0 Å². The summed E-state index contributed by atoms with van der Waals surface area (Å²) in [5.74, 6) is -0.0787. The molecule has 2 aliphatic rings. The van der Waals surface area contributed by atoms with Crippen molar-refractivity contribution >= 4 is 44.9 Å². The predicted molar refractivity (Wildman–Crippen MR) is 122 cm³/mol. The Morgan fingerprint density at radius 1 is 1.06 bits per heavy atom. The maximum Gasteiger partial charge on any atom is 0.243 e. The number of nitrogens with zero attached hydrogens (tertiary/aromatic N) is 2. The third-order valence-corrected chi connectivity index (χ3v) is 8.62. The van der Waals surface area contributed by atoms with E-state index in [1.807, 2.05) is 19.1 Å². The van der Waals surface area contributed by atoms with Crippen molar-refractivity contribution in [1.82, 2.24) is 4.31 Å². The number of sulfonamides is 1. The average Bonchev–Trinajstić information content (AvgIpc) is 2.89. The summed E-state index contributed by atoms with van der Waals surface area (Å²) in [6.45, 7) is 5.38. The molecule has 0 unspecified atom stereocenters. The summed E-state index contributed by atoms with van der Waals surface area (Å²) < 4.78 is 27.9. The van der Waals surface area contributed by atoms with Gasteiger partial charge in [0.25, 0.3) is 0 Å². The van der Waals surface area contributed by atoms with Crippen LogP contribution in [0.3, 0.4) is 0 Å². The number of fused-ring (bicyclic) bond motifs is 1. The Labute approximate surface area is 186 Å². The number of ketones is 1. The first-order valence-corrected chi connectivity index (χ1v) is 12.5. The second-order valence-corrected chi connectivity index (χ2v) is 11.3. The number of Topliss-reactive ketones (excluding diaryl/α,β-unsaturated/α-hetero) is 1. The van der Waals surface area contributed by atoms with Crippen LogP contribution in [0, 0.1) is 0 Å². The van der Waals surface area contributed by atoms with Crippen LogP contribution < -0.4 is 10.2 Å². The number of hydrogen-bond donors (Lipinski definition) is 1. The Morgan fingerprint density at radius 3 is 2.39 bits per heavy atom. The maximum atomic E-state index is 13.2. The molecule has 1 fully saturated rings. The first kappa shape index (κ1) is 21.9.